The minimum atomic E-state index is 0.0309. The van der Waals surface area contributed by atoms with E-state index in [2.05, 4.69) is 22.8 Å². The number of amides is 1. The van der Waals surface area contributed by atoms with Crippen molar-refractivity contribution in [2.75, 3.05) is 13.1 Å². The summed E-state index contributed by atoms with van der Waals surface area (Å²) in [6.07, 6.45) is 11.0. The van der Waals surface area contributed by atoms with Crippen molar-refractivity contribution < 1.29 is 4.79 Å². The van der Waals surface area contributed by atoms with E-state index in [9.17, 15) is 4.79 Å². The molecule has 0 bridgehead atoms. The van der Waals surface area contributed by atoms with Crippen molar-refractivity contribution in [1.82, 2.24) is 10.6 Å². The molecule has 0 unspecified atom stereocenters. The zero-order valence-electron chi connectivity index (χ0n) is 12.4. The normalized spacial score (nSPS) is 12.4. The highest BCUT2D eigenvalue weighted by Gasteiger charge is 1.96. The number of carbonyl (C=O) groups excluding carboxylic acids is 1. The van der Waals surface area contributed by atoms with Gasteiger partial charge < -0.3 is 10.6 Å². The Bertz CT molecular complexity index is 274. The minimum Gasteiger partial charge on any atom is -0.387 e. The maximum Gasteiger partial charge on any atom is 0.216 e. The monoisotopic (exact) mass is 252 g/mol. The molecule has 0 radical (unpaired) electrons. The molecule has 1 amide bonds. The fourth-order valence-corrected chi connectivity index (χ4v) is 1.05. The van der Waals surface area contributed by atoms with Crippen LogP contribution in [0.5, 0.6) is 0 Å². The molecule has 3 heteroatoms. The average molecular weight is 252 g/mol. The maximum absolute atomic E-state index is 10.5. The Morgan fingerprint density at radius 3 is 2.39 bits per heavy atom. The fraction of sp³-hybridized carbons (Fsp3) is 0.533. The first-order valence-electron chi connectivity index (χ1n) is 6.61. The highest BCUT2D eigenvalue weighted by Crippen LogP contribution is 2.03. The van der Waals surface area contributed by atoms with Gasteiger partial charge in [-0.15, -0.1) is 0 Å². The lowest BCUT2D eigenvalue weighted by Crippen LogP contribution is -2.21. The van der Waals surface area contributed by atoms with Crippen molar-refractivity contribution in [3.63, 3.8) is 0 Å². The minimum absolute atomic E-state index is 0.0309. The molecule has 0 saturated carbocycles. The SMILES string of the molecule is CC.CC(=O)NCCC1=CNCC=C1.CC=CC. The zero-order valence-corrected chi connectivity index (χ0v) is 12.4. The van der Waals surface area contributed by atoms with Gasteiger partial charge in [0, 0.05) is 20.0 Å². The van der Waals surface area contributed by atoms with E-state index in [1.807, 2.05) is 46.0 Å². The second-order valence-corrected chi connectivity index (χ2v) is 3.43. The van der Waals surface area contributed by atoms with E-state index in [4.69, 9.17) is 0 Å². The van der Waals surface area contributed by atoms with Crippen LogP contribution in [0.25, 0.3) is 0 Å². The molecule has 3 nitrogen and oxygen atoms in total. The van der Waals surface area contributed by atoms with Gasteiger partial charge in [-0.05, 0) is 32.0 Å². The molecule has 0 aliphatic carbocycles. The second-order valence-electron chi connectivity index (χ2n) is 3.43. The summed E-state index contributed by atoms with van der Waals surface area (Å²) in [6.45, 7) is 11.2. The first-order valence-corrected chi connectivity index (χ1v) is 6.61. The van der Waals surface area contributed by atoms with Crippen LogP contribution in [-0.2, 0) is 4.79 Å². The summed E-state index contributed by atoms with van der Waals surface area (Å²) in [5.41, 5.74) is 1.23. The van der Waals surface area contributed by atoms with Crippen molar-refractivity contribution in [3.05, 3.63) is 36.1 Å². The quantitative estimate of drug-likeness (QED) is 0.758. The number of hydrogen-bond donors (Lipinski definition) is 2. The van der Waals surface area contributed by atoms with E-state index in [0.717, 1.165) is 13.0 Å². The van der Waals surface area contributed by atoms with Crippen molar-refractivity contribution in [2.45, 2.75) is 41.0 Å². The van der Waals surface area contributed by atoms with Crippen molar-refractivity contribution in [2.24, 2.45) is 0 Å². The smallest absolute Gasteiger partial charge is 0.216 e. The molecule has 0 saturated heterocycles. The van der Waals surface area contributed by atoms with Crippen LogP contribution in [0.15, 0.2) is 36.1 Å². The first kappa shape index (κ1) is 18.8. The van der Waals surface area contributed by atoms with Crippen LogP contribution in [0.4, 0.5) is 0 Å². The van der Waals surface area contributed by atoms with Crippen LogP contribution in [0.1, 0.15) is 41.0 Å². The van der Waals surface area contributed by atoms with Crippen molar-refractivity contribution in [3.8, 4) is 0 Å². The Morgan fingerprint density at radius 2 is 2.00 bits per heavy atom. The largest absolute Gasteiger partial charge is 0.387 e. The van der Waals surface area contributed by atoms with Gasteiger partial charge in [-0.25, -0.2) is 0 Å². The van der Waals surface area contributed by atoms with Crippen LogP contribution in [0.3, 0.4) is 0 Å². The van der Waals surface area contributed by atoms with Gasteiger partial charge in [0.2, 0.25) is 5.91 Å². The molecule has 0 aromatic carbocycles. The Labute approximate surface area is 112 Å². The molecule has 2 N–H and O–H groups in total. The van der Waals surface area contributed by atoms with Gasteiger partial charge in [0.15, 0.2) is 0 Å². The van der Waals surface area contributed by atoms with Gasteiger partial charge in [0.1, 0.15) is 0 Å². The third-order valence-electron chi connectivity index (χ3n) is 1.98. The highest BCUT2D eigenvalue weighted by atomic mass is 16.1. The number of dihydropyridines is 1. The summed E-state index contributed by atoms with van der Waals surface area (Å²) in [6, 6.07) is 0. The summed E-state index contributed by atoms with van der Waals surface area (Å²) in [5.74, 6) is 0.0309. The third-order valence-corrected chi connectivity index (χ3v) is 1.98. The molecule has 0 aromatic heterocycles. The van der Waals surface area contributed by atoms with E-state index in [-0.39, 0.29) is 5.91 Å². The summed E-state index contributed by atoms with van der Waals surface area (Å²) >= 11 is 0. The topological polar surface area (TPSA) is 41.1 Å². The van der Waals surface area contributed by atoms with Gasteiger partial charge in [-0.3, -0.25) is 4.79 Å². The zero-order chi connectivity index (χ0) is 14.2. The van der Waals surface area contributed by atoms with Gasteiger partial charge in [0.05, 0.1) is 0 Å². The van der Waals surface area contributed by atoms with E-state index >= 15 is 0 Å². The lowest BCUT2D eigenvalue weighted by atomic mass is 10.1. The molecule has 0 fully saturated rings. The van der Waals surface area contributed by atoms with Gasteiger partial charge in [-0.2, -0.15) is 0 Å². The Kier molecular flexibility index (Phi) is 16.2. The summed E-state index contributed by atoms with van der Waals surface area (Å²) in [5, 5.41) is 5.86. The third kappa shape index (κ3) is 14.5. The predicted molar refractivity (Wildman–Crippen MR) is 80.4 cm³/mol. The molecular formula is C15H28N2O. The second kappa shape index (κ2) is 15.5. The Morgan fingerprint density at radius 1 is 1.39 bits per heavy atom. The maximum atomic E-state index is 10.5. The van der Waals surface area contributed by atoms with Crippen molar-refractivity contribution >= 4 is 5.91 Å². The van der Waals surface area contributed by atoms with Crippen LogP contribution >= 0.6 is 0 Å². The molecule has 1 rings (SSSR count). The summed E-state index contributed by atoms with van der Waals surface area (Å²) in [7, 11) is 0. The Balaban J connectivity index is 0. The number of nitrogens with one attached hydrogen (secondary N) is 2. The number of allylic oxidation sites excluding steroid dienone is 3. The van der Waals surface area contributed by atoms with E-state index in [1.165, 1.54) is 12.5 Å². The predicted octanol–water partition coefficient (Wildman–Crippen LogP) is 3.16. The molecule has 1 aliphatic rings. The van der Waals surface area contributed by atoms with E-state index < -0.39 is 0 Å². The molecule has 0 aromatic rings. The fourth-order valence-electron chi connectivity index (χ4n) is 1.05. The molecule has 104 valence electrons. The summed E-state index contributed by atoms with van der Waals surface area (Å²) < 4.78 is 0. The van der Waals surface area contributed by atoms with Gasteiger partial charge in [-0.1, -0.05) is 38.2 Å². The van der Waals surface area contributed by atoms with Crippen molar-refractivity contribution in [1.29, 1.82) is 0 Å². The number of carbonyl (C=O) groups is 1. The van der Waals surface area contributed by atoms with E-state index in [0.29, 0.717) is 6.54 Å². The standard InChI is InChI=1S/C9H14N2O.C4H8.C2H6/c1-8(12)11-6-4-9-3-2-5-10-7-9;1-3-4-2;1-2/h2-3,7,10H,4-6H2,1H3,(H,11,12);3-4H,1-2H3;1-2H3. The lowest BCUT2D eigenvalue weighted by Gasteiger charge is -2.08. The van der Waals surface area contributed by atoms with Crippen LogP contribution in [-0.4, -0.2) is 19.0 Å². The van der Waals surface area contributed by atoms with Gasteiger partial charge in [0.25, 0.3) is 0 Å². The molecular weight excluding hydrogens is 224 g/mol. The molecule has 18 heavy (non-hydrogen) atoms. The first-order chi connectivity index (χ1) is 8.70. The molecule has 1 heterocycles. The number of rotatable bonds is 3. The lowest BCUT2D eigenvalue weighted by molar-refractivity contribution is -0.118. The average Bonchev–Trinajstić information content (AvgIpc) is 2.42. The number of hydrogen-bond acceptors (Lipinski definition) is 2. The molecule has 0 spiro atoms. The molecule has 1 aliphatic heterocycles. The van der Waals surface area contributed by atoms with Crippen LogP contribution < -0.4 is 10.6 Å². The molecule has 0 atom stereocenters. The highest BCUT2D eigenvalue weighted by molar-refractivity contribution is 5.72. The van der Waals surface area contributed by atoms with Gasteiger partial charge >= 0.3 is 0 Å². The Hall–Kier alpha value is -1.51. The van der Waals surface area contributed by atoms with Crippen LogP contribution in [0, 0.1) is 0 Å². The van der Waals surface area contributed by atoms with E-state index in [1.54, 1.807) is 0 Å². The summed E-state index contributed by atoms with van der Waals surface area (Å²) in [4.78, 5) is 10.5. The van der Waals surface area contributed by atoms with Crippen LogP contribution in [0.2, 0.25) is 0 Å².